The summed E-state index contributed by atoms with van der Waals surface area (Å²) >= 11 is 0. The van der Waals surface area contributed by atoms with Crippen molar-refractivity contribution in [2.75, 3.05) is 52.5 Å². The SMILES string of the molecule is CCN(CC)CC(=O)NC[C@H](Cc1cccc(F)c1)C(=O)N1CCOCC1. The first-order valence-corrected chi connectivity index (χ1v) is 9.63. The molecule has 0 spiro atoms. The number of nitrogens with zero attached hydrogens (tertiary/aromatic N) is 2. The van der Waals surface area contributed by atoms with Gasteiger partial charge >= 0.3 is 0 Å². The predicted octanol–water partition coefficient (Wildman–Crippen LogP) is 1.30. The molecule has 1 aliphatic rings. The van der Waals surface area contributed by atoms with E-state index in [1.807, 2.05) is 18.7 Å². The lowest BCUT2D eigenvalue weighted by molar-refractivity contribution is -0.139. The van der Waals surface area contributed by atoms with Crippen molar-refractivity contribution in [3.05, 3.63) is 35.6 Å². The van der Waals surface area contributed by atoms with Crippen LogP contribution in [0.25, 0.3) is 0 Å². The minimum atomic E-state index is -0.425. The molecule has 0 aliphatic carbocycles. The van der Waals surface area contributed by atoms with Gasteiger partial charge in [0.2, 0.25) is 11.8 Å². The number of hydrogen-bond acceptors (Lipinski definition) is 4. The van der Waals surface area contributed by atoms with Gasteiger partial charge in [-0.15, -0.1) is 0 Å². The summed E-state index contributed by atoms with van der Waals surface area (Å²) in [5.74, 6) is -0.871. The monoisotopic (exact) mass is 379 g/mol. The first-order chi connectivity index (χ1) is 13.0. The maximum absolute atomic E-state index is 13.5. The van der Waals surface area contributed by atoms with Gasteiger partial charge in [0.05, 0.1) is 25.7 Å². The van der Waals surface area contributed by atoms with E-state index in [2.05, 4.69) is 5.32 Å². The largest absolute Gasteiger partial charge is 0.378 e. The summed E-state index contributed by atoms with van der Waals surface area (Å²) in [4.78, 5) is 29.0. The van der Waals surface area contributed by atoms with Crippen LogP contribution in [0.5, 0.6) is 0 Å². The van der Waals surface area contributed by atoms with Crippen LogP contribution in [0.2, 0.25) is 0 Å². The van der Waals surface area contributed by atoms with Gasteiger partial charge in [0.15, 0.2) is 0 Å². The summed E-state index contributed by atoms with van der Waals surface area (Å²) in [6.07, 6.45) is 0.388. The van der Waals surface area contributed by atoms with Crippen LogP contribution in [0.3, 0.4) is 0 Å². The molecule has 2 amide bonds. The number of hydrogen-bond donors (Lipinski definition) is 1. The van der Waals surface area contributed by atoms with Gasteiger partial charge in [0.25, 0.3) is 0 Å². The molecule has 1 atom stereocenters. The Morgan fingerprint density at radius 1 is 1.26 bits per heavy atom. The van der Waals surface area contributed by atoms with Crippen molar-refractivity contribution in [2.24, 2.45) is 5.92 Å². The van der Waals surface area contributed by atoms with E-state index in [0.29, 0.717) is 39.3 Å². The van der Waals surface area contributed by atoms with Crippen LogP contribution in [-0.2, 0) is 20.7 Å². The Hall–Kier alpha value is -1.99. The third kappa shape index (κ3) is 6.92. The van der Waals surface area contributed by atoms with Crippen LogP contribution in [0.1, 0.15) is 19.4 Å². The van der Waals surface area contributed by atoms with Crippen LogP contribution in [0.4, 0.5) is 4.39 Å². The molecule has 1 aromatic rings. The van der Waals surface area contributed by atoms with E-state index in [9.17, 15) is 14.0 Å². The van der Waals surface area contributed by atoms with Crippen molar-refractivity contribution in [3.63, 3.8) is 0 Å². The summed E-state index contributed by atoms with van der Waals surface area (Å²) in [7, 11) is 0. The summed E-state index contributed by atoms with van der Waals surface area (Å²) in [5, 5.41) is 2.88. The summed E-state index contributed by atoms with van der Waals surface area (Å²) < 4.78 is 18.8. The van der Waals surface area contributed by atoms with Gasteiger partial charge in [-0.05, 0) is 37.2 Å². The number of ether oxygens (including phenoxy) is 1. The van der Waals surface area contributed by atoms with E-state index in [-0.39, 0.29) is 24.2 Å². The molecule has 27 heavy (non-hydrogen) atoms. The molecule has 0 saturated carbocycles. The second-order valence-corrected chi connectivity index (χ2v) is 6.73. The molecule has 0 bridgehead atoms. The van der Waals surface area contributed by atoms with Gasteiger partial charge in [0.1, 0.15) is 5.82 Å². The average Bonchev–Trinajstić information content (AvgIpc) is 2.69. The standard InChI is InChI=1S/C20H30FN3O3/c1-3-23(4-2)15-19(25)22-14-17(12-16-6-5-7-18(21)13-16)20(26)24-8-10-27-11-9-24/h5-7,13,17H,3-4,8-12,14-15H2,1-2H3,(H,22,25)/t17-/m0/s1. The zero-order chi connectivity index (χ0) is 19.6. The van der Waals surface area contributed by atoms with Crippen molar-refractivity contribution in [2.45, 2.75) is 20.3 Å². The molecule has 150 valence electrons. The highest BCUT2D eigenvalue weighted by molar-refractivity contribution is 5.82. The van der Waals surface area contributed by atoms with Crippen LogP contribution in [-0.4, -0.2) is 74.1 Å². The van der Waals surface area contributed by atoms with Crippen molar-refractivity contribution >= 4 is 11.8 Å². The van der Waals surface area contributed by atoms with Gasteiger partial charge < -0.3 is 15.0 Å². The van der Waals surface area contributed by atoms with Crippen LogP contribution >= 0.6 is 0 Å². The van der Waals surface area contributed by atoms with E-state index in [0.717, 1.165) is 18.7 Å². The molecule has 1 fully saturated rings. The summed E-state index contributed by atoms with van der Waals surface area (Å²) in [5.41, 5.74) is 0.750. The first-order valence-electron chi connectivity index (χ1n) is 9.63. The lowest BCUT2D eigenvalue weighted by Gasteiger charge is -2.30. The van der Waals surface area contributed by atoms with E-state index >= 15 is 0 Å². The Morgan fingerprint density at radius 3 is 2.59 bits per heavy atom. The van der Waals surface area contributed by atoms with Gasteiger partial charge in [0, 0.05) is 19.6 Å². The number of carbonyl (C=O) groups is 2. The molecular formula is C20H30FN3O3. The number of carbonyl (C=O) groups excluding carboxylic acids is 2. The minimum absolute atomic E-state index is 0.0225. The van der Waals surface area contributed by atoms with Gasteiger partial charge in [-0.25, -0.2) is 4.39 Å². The average molecular weight is 379 g/mol. The van der Waals surface area contributed by atoms with Crippen LogP contribution < -0.4 is 5.32 Å². The summed E-state index contributed by atoms with van der Waals surface area (Å²) in [6.45, 7) is 8.29. The minimum Gasteiger partial charge on any atom is -0.378 e. The molecule has 1 heterocycles. The molecular weight excluding hydrogens is 349 g/mol. The number of rotatable bonds is 9. The number of likely N-dealkylation sites (N-methyl/N-ethyl adjacent to an activating group) is 1. The Morgan fingerprint density at radius 2 is 1.96 bits per heavy atom. The van der Waals surface area contributed by atoms with Crippen molar-refractivity contribution in [1.29, 1.82) is 0 Å². The Balaban J connectivity index is 2.02. The predicted molar refractivity (Wildman–Crippen MR) is 102 cm³/mol. The van der Waals surface area contributed by atoms with Crippen LogP contribution in [0, 0.1) is 11.7 Å². The highest BCUT2D eigenvalue weighted by atomic mass is 19.1. The third-order valence-electron chi connectivity index (χ3n) is 4.85. The maximum Gasteiger partial charge on any atom is 0.234 e. The van der Waals surface area contributed by atoms with E-state index in [1.54, 1.807) is 17.0 Å². The Labute approximate surface area is 160 Å². The smallest absolute Gasteiger partial charge is 0.234 e. The van der Waals surface area contributed by atoms with Gasteiger partial charge in [-0.1, -0.05) is 26.0 Å². The topological polar surface area (TPSA) is 61.9 Å². The molecule has 1 saturated heterocycles. The second kappa shape index (κ2) is 11.0. The molecule has 0 aromatic heterocycles. The molecule has 7 heteroatoms. The summed E-state index contributed by atoms with van der Waals surface area (Å²) in [6, 6.07) is 6.27. The fourth-order valence-electron chi connectivity index (χ4n) is 3.18. The lowest BCUT2D eigenvalue weighted by atomic mass is 9.97. The third-order valence-corrected chi connectivity index (χ3v) is 4.85. The number of amides is 2. The number of nitrogens with one attached hydrogen (secondary N) is 1. The van der Waals surface area contributed by atoms with E-state index in [1.165, 1.54) is 12.1 Å². The molecule has 1 N–H and O–H groups in total. The molecule has 6 nitrogen and oxygen atoms in total. The van der Waals surface area contributed by atoms with Crippen molar-refractivity contribution in [3.8, 4) is 0 Å². The van der Waals surface area contributed by atoms with Crippen molar-refractivity contribution < 1.29 is 18.7 Å². The molecule has 2 rings (SSSR count). The van der Waals surface area contributed by atoms with Gasteiger partial charge in [-0.3, -0.25) is 14.5 Å². The molecule has 0 radical (unpaired) electrons. The normalized spacial score (nSPS) is 15.6. The van der Waals surface area contributed by atoms with Gasteiger partial charge in [-0.2, -0.15) is 0 Å². The van der Waals surface area contributed by atoms with Crippen molar-refractivity contribution in [1.82, 2.24) is 15.1 Å². The zero-order valence-corrected chi connectivity index (χ0v) is 16.2. The van der Waals surface area contributed by atoms with E-state index < -0.39 is 5.92 Å². The quantitative estimate of drug-likeness (QED) is 0.703. The highest BCUT2D eigenvalue weighted by Gasteiger charge is 2.26. The molecule has 1 aromatic carbocycles. The first kappa shape index (κ1) is 21.3. The highest BCUT2D eigenvalue weighted by Crippen LogP contribution is 2.14. The number of halogens is 1. The zero-order valence-electron chi connectivity index (χ0n) is 16.2. The number of morpholine rings is 1. The Kier molecular flexibility index (Phi) is 8.67. The Bertz CT molecular complexity index is 616. The molecule has 0 unspecified atom stereocenters. The fourth-order valence-corrected chi connectivity index (χ4v) is 3.18. The lowest BCUT2D eigenvalue weighted by Crippen LogP contribution is -2.48. The second-order valence-electron chi connectivity index (χ2n) is 6.73. The van der Waals surface area contributed by atoms with E-state index in [4.69, 9.17) is 4.74 Å². The number of benzene rings is 1. The molecule has 1 aliphatic heterocycles. The fraction of sp³-hybridized carbons (Fsp3) is 0.600. The maximum atomic E-state index is 13.5. The van der Waals surface area contributed by atoms with Crippen LogP contribution in [0.15, 0.2) is 24.3 Å².